The van der Waals surface area contributed by atoms with Crippen LogP contribution in [-0.2, 0) is 9.59 Å². The van der Waals surface area contributed by atoms with Gasteiger partial charge in [-0.3, -0.25) is 9.59 Å². The Balaban J connectivity index is 2.44. The van der Waals surface area contributed by atoms with Crippen LogP contribution in [0.1, 0.15) is 32.6 Å². The van der Waals surface area contributed by atoms with Gasteiger partial charge in [0.05, 0.1) is 12.0 Å². The number of amides is 1. The van der Waals surface area contributed by atoms with Gasteiger partial charge in [0, 0.05) is 6.54 Å². The van der Waals surface area contributed by atoms with Crippen molar-refractivity contribution >= 4 is 11.9 Å². The molecule has 1 fully saturated rings. The highest BCUT2D eigenvalue weighted by molar-refractivity contribution is 5.81. The molecular weight excluding hydrogens is 208 g/mol. The molecule has 92 valence electrons. The van der Waals surface area contributed by atoms with Crippen molar-refractivity contribution in [1.82, 2.24) is 5.32 Å². The molecule has 16 heavy (non-hydrogen) atoms. The van der Waals surface area contributed by atoms with Crippen LogP contribution in [0.25, 0.3) is 0 Å². The van der Waals surface area contributed by atoms with E-state index < -0.39 is 12.0 Å². The van der Waals surface area contributed by atoms with E-state index in [9.17, 15) is 9.59 Å². The van der Waals surface area contributed by atoms with E-state index in [1.807, 2.05) is 0 Å². The van der Waals surface area contributed by atoms with Crippen LogP contribution >= 0.6 is 0 Å². The molecule has 5 nitrogen and oxygen atoms in total. The lowest BCUT2D eigenvalue weighted by Gasteiger charge is -2.28. The summed E-state index contributed by atoms with van der Waals surface area (Å²) in [6.07, 6.45) is 3.60. The van der Waals surface area contributed by atoms with Crippen molar-refractivity contribution in [3.05, 3.63) is 0 Å². The topological polar surface area (TPSA) is 92.4 Å². The first kappa shape index (κ1) is 13.0. The summed E-state index contributed by atoms with van der Waals surface area (Å²) in [5.41, 5.74) is 5.42. The Labute approximate surface area is 95.4 Å². The maximum Gasteiger partial charge on any atom is 0.306 e. The smallest absolute Gasteiger partial charge is 0.306 e. The lowest BCUT2D eigenvalue weighted by molar-refractivity contribution is -0.145. The van der Waals surface area contributed by atoms with Crippen LogP contribution in [0.5, 0.6) is 0 Å². The van der Waals surface area contributed by atoms with Crippen molar-refractivity contribution in [3.63, 3.8) is 0 Å². The monoisotopic (exact) mass is 228 g/mol. The summed E-state index contributed by atoms with van der Waals surface area (Å²) in [4.78, 5) is 22.3. The molecule has 4 N–H and O–H groups in total. The first-order valence-electron chi connectivity index (χ1n) is 5.78. The number of carboxylic acids is 1. The third-order valence-electron chi connectivity index (χ3n) is 3.18. The Kier molecular flexibility index (Phi) is 4.73. The lowest BCUT2D eigenvalue weighted by Crippen LogP contribution is -2.43. The van der Waals surface area contributed by atoms with Gasteiger partial charge in [-0.25, -0.2) is 0 Å². The van der Waals surface area contributed by atoms with Gasteiger partial charge < -0.3 is 16.2 Å². The van der Waals surface area contributed by atoms with E-state index in [-0.39, 0.29) is 17.7 Å². The second-order valence-electron chi connectivity index (χ2n) is 4.52. The summed E-state index contributed by atoms with van der Waals surface area (Å²) in [7, 11) is 0. The van der Waals surface area contributed by atoms with Gasteiger partial charge >= 0.3 is 5.97 Å². The summed E-state index contributed by atoms with van der Waals surface area (Å²) < 4.78 is 0. The zero-order chi connectivity index (χ0) is 12.1. The SMILES string of the molecule is CC(N)C(=O)NCC1CCCCC1C(=O)O. The summed E-state index contributed by atoms with van der Waals surface area (Å²) in [5, 5.41) is 11.8. The van der Waals surface area contributed by atoms with Crippen molar-refractivity contribution in [2.75, 3.05) is 6.54 Å². The molecule has 0 radical (unpaired) electrons. The number of nitrogens with one attached hydrogen (secondary N) is 1. The van der Waals surface area contributed by atoms with E-state index in [1.165, 1.54) is 0 Å². The Morgan fingerprint density at radius 3 is 2.62 bits per heavy atom. The summed E-state index contributed by atoms with van der Waals surface area (Å²) >= 11 is 0. The predicted octanol–water partition coefficient (Wildman–Crippen LogP) is 0.341. The fourth-order valence-corrected chi connectivity index (χ4v) is 2.17. The van der Waals surface area contributed by atoms with Gasteiger partial charge in [0.1, 0.15) is 0 Å². The molecule has 0 aliphatic heterocycles. The minimum atomic E-state index is -0.750. The molecule has 1 aliphatic rings. The molecule has 1 saturated carbocycles. The van der Waals surface area contributed by atoms with Crippen LogP contribution in [0.3, 0.4) is 0 Å². The van der Waals surface area contributed by atoms with Crippen molar-refractivity contribution in [2.24, 2.45) is 17.6 Å². The number of carboxylic acid groups (broad SMARTS) is 1. The number of rotatable bonds is 4. The minimum Gasteiger partial charge on any atom is -0.481 e. The molecule has 3 unspecified atom stereocenters. The molecule has 0 spiro atoms. The van der Waals surface area contributed by atoms with Gasteiger partial charge in [-0.15, -0.1) is 0 Å². The van der Waals surface area contributed by atoms with Crippen LogP contribution in [0.2, 0.25) is 0 Å². The van der Waals surface area contributed by atoms with Gasteiger partial charge in [0.2, 0.25) is 5.91 Å². The quantitative estimate of drug-likeness (QED) is 0.647. The van der Waals surface area contributed by atoms with Crippen LogP contribution in [0.4, 0.5) is 0 Å². The zero-order valence-corrected chi connectivity index (χ0v) is 9.61. The number of aliphatic carboxylic acids is 1. The number of hydrogen-bond donors (Lipinski definition) is 3. The maximum atomic E-state index is 11.3. The maximum absolute atomic E-state index is 11.3. The van der Waals surface area contributed by atoms with Crippen LogP contribution < -0.4 is 11.1 Å². The molecule has 1 aliphatic carbocycles. The summed E-state index contributed by atoms with van der Waals surface area (Å²) in [6.45, 7) is 2.04. The fraction of sp³-hybridized carbons (Fsp3) is 0.818. The predicted molar refractivity (Wildman–Crippen MR) is 59.7 cm³/mol. The highest BCUT2D eigenvalue weighted by atomic mass is 16.4. The Hall–Kier alpha value is -1.10. The molecule has 0 heterocycles. The van der Waals surface area contributed by atoms with E-state index in [0.29, 0.717) is 13.0 Å². The zero-order valence-electron chi connectivity index (χ0n) is 9.61. The Bertz CT molecular complexity index is 266. The minimum absolute atomic E-state index is 0.0500. The normalized spacial score (nSPS) is 27.1. The first-order chi connectivity index (χ1) is 7.52. The van der Waals surface area contributed by atoms with E-state index >= 15 is 0 Å². The number of hydrogen-bond acceptors (Lipinski definition) is 3. The van der Waals surface area contributed by atoms with Crippen LogP contribution in [0, 0.1) is 11.8 Å². The van der Waals surface area contributed by atoms with Crippen molar-refractivity contribution in [1.29, 1.82) is 0 Å². The molecule has 5 heteroatoms. The second-order valence-corrected chi connectivity index (χ2v) is 4.52. The molecule has 0 bridgehead atoms. The average molecular weight is 228 g/mol. The molecule has 0 aromatic carbocycles. The Morgan fingerprint density at radius 2 is 2.06 bits per heavy atom. The molecule has 1 rings (SSSR count). The number of carbonyl (C=O) groups is 2. The third-order valence-corrected chi connectivity index (χ3v) is 3.18. The molecule has 0 saturated heterocycles. The van der Waals surface area contributed by atoms with Gasteiger partial charge in [-0.05, 0) is 25.7 Å². The van der Waals surface area contributed by atoms with Crippen molar-refractivity contribution in [3.8, 4) is 0 Å². The highest BCUT2D eigenvalue weighted by Gasteiger charge is 2.30. The van der Waals surface area contributed by atoms with Gasteiger partial charge in [-0.2, -0.15) is 0 Å². The number of nitrogens with two attached hydrogens (primary N) is 1. The van der Waals surface area contributed by atoms with E-state index in [4.69, 9.17) is 10.8 Å². The highest BCUT2D eigenvalue weighted by Crippen LogP contribution is 2.29. The molecule has 0 aromatic rings. The molecular formula is C11H20N2O3. The van der Waals surface area contributed by atoms with E-state index in [2.05, 4.69) is 5.32 Å². The van der Waals surface area contributed by atoms with Gasteiger partial charge in [-0.1, -0.05) is 12.8 Å². The van der Waals surface area contributed by atoms with Crippen molar-refractivity contribution < 1.29 is 14.7 Å². The van der Waals surface area contributed by atoms with E-state index in [1.54, 1.807) is 6.92 Å². The lowest BCUT2D eigenvalue weighted by atomic mass is 9.79. The van der Waals surface area contributed by atoms with Gasteiger partial charge in [0.15, 0.2) is 0 Å². The first-order valence-corrected chi connectivity index (χ1v) is 5.78. The standard InChI is InChI=1S/C11H20N2O3/c1-7(12)10(14)13-6-8-4-2-3-5-9(8)11(15)16/h7-9H,2-6,12H2,1H3,(H,13,14)(H,15,16). The molecule has 3 atom stereocenters. The molecule has 0 aromatic heterocycles. The van der Waals surface area contributed by atoms with Gasteiger partial charge in [0.25, 0.3) is 0 Å². The van der Waals surface area contributed by atoms with E-state index in [0.717, 1.165) is 19.3 Å². The second kappa shape index (κ2) is 5.84. The van der Waals surface area contributed by atoms with Crippen molar-refractivity contribution in [2.45, 2.75) is 38.6 Å². The largest absolute Gasteiger partial charge is 0.481 e. The average Bonchev–Trinajstić information content (AvgIpc) is 2.25. The summed E-state index contributed by atoms with van der Waals surface area (Å²) in [6, 6.07) is -0.535. The number of carbonyl (C=O) groups excluding carboxylic acids is 1. The Morgan fingerprint density at radius 1 is 1.44 bits per heavy atom. The van der Waals surface area contributed by atoms with Crippen LogP contribution in [-0.4, -0.2) is 29.6 Å². The fourth-order valence-electron chi connectivity index (χ4n) is 2.17. The summed E-state index contributed by atoms with van der Waals surface area (Å²) in [5.74, 6) is -1.23. The van der Waals surface area contributed by atoms with Crippen LogP contribution in [0.15, 0.2) is 0 Å². The third kappa shape index (κ3) is 3.48. The molecule has 1 amide bonds.